The maximum absolute atomic E-state index is 14.0. The fourth-order valence-corrected chi connectivity index (χ4v) is 5.20. The lowest BCUT2D eigenvalue weighted by molar-refractivity contribution is 0.148. The second-order valence-electron chi connectivity index (χ2n) is 8.51. The number of nitrogens with zero attached hydrogens (tertiary/aromatic N) is 3. The zero-order valence-electron chi connectivity index (χ0n) is 19.2. The normalized spacial score (nSPS) is 19.5. The number of carbonyl (C=O) groups excluding carboxylic acids is 2. The number of rotatable bonds is 9. The number of amides is 3. The summed E-state index contributed by atoms with van der Waals surface area (Å²) in [5, 5.41) is 4.44. The predicted molar refractivity (Wildman–Crippen MR) is 126 cm³/mol. The van der Waals surface area contributed by atoms with Gasteiger partial charge in [-0.2, -0.15) is 0 Å². The summed E-state index contributed by atoms with van der Waals surface area (Å²) in [4.78, 5) is 28.5. The van der Waals surface area contributed by atoms with Gasteiger partial charge < -0.3 is 25.4 Å². The van der Waals surface area contributed by atoms with Gasteiger partial charge in [0.1, 0.15) is 12.4 Å². The third kappa shape index (κ3) is 5.77. The van der Waals surface area contributed by atoms with Crippen LogP contribution in [0.25, 0.3) is 0 Å². The molecule has 2 bridgehead atoms. The number of halogens is 4. The number of fused-ring (bicyclic) bond motifs is 2. The zero-order chi connectivity index (χ0) is 26.0. The summed E-state index contributed by atoms with van der Waals surface area (Å²) >= 11 is 6.10. The van der Waals surface area contributed by atoms with Crippen LogP contribution in [0, 0.1) is 17.5 Å². The van der Waals surface area contributed by atoms with E-state index in [1.165, 1.54) is 6.42 Å². The van der Waals surface area contributed by atoms with Crippen LogP contribution in [0.1, 0.15) is 18.4 Å². The van der Waals surface area contributed by atoms with E-state index in [1.54, 1.807) is 0 Å². The molecule has 2 aliphatic heterocycles. The van der Waals surface area contributed by atoms with E-state index < -0.39 is 46.8 Å². The molecule has 4 rings (SSSR count). The number of aromatic nitrogens is 1. The Morgan fingerprint density at radius 1 is 1.28 bits per heavy atom. The first-order valence-corrected chi connectivity index (χ1v) is 12.2. The largest absolute Gasteiger partial charge is 0.469 e. The molecular formula is C21H24ClF3N6O4S. The second kappa shape index (κ2) is 11.1. The monoisotopic (exact) mass is 548 g/mol. The first-order valence-electron chi connectivity index (χ1n) is 11.0. The van der Waals surface area contributed by atoms with Gasteiger partial charge in [-0.25, -0.2) is 22.8 Å². The Morgan fingerprint density at radius 3 is 2.72 bits per heavy atom. The molecule has 0 saturated carbocycles. The lowest BCUT2D eigenvalue weighted by Gasteiger charge is -2.31. The van der Waals surface area contributed by atoms with Crippen molar-refractivity contribution in [2.24, 2.45) is 5.73 Å². The maximum atomic E-state index is 14.0. The van der Waals surface area contributed by atoms with Crippen LogP contribution in [-0.4, -0.2) is 71.6 Å². The van der Waals surface area contributed by atoms with Gasteiger partial charge in [-0.3, -0.25) is 10.2 Å². The molecule has 15 heteroatoms. The number of likely N-dealkylation sites (tertiary alicyclic amines) is 2. The fourth-order valence-electron chi connectivity index (χ4n) is 4.36. The lowest BCUT2D eigenvalue weighted by Crippen LogP contribution is -2.45. The van der Waals surface area contributed by atoms with E-state index in [4.69, 9.17) is 26.8 Å². The van der Waals surface area contributed by atoms with E-state index in [0.717, 1.165) is 26.1 Å². The van der Waals surface area contributed by atoms with Crippen LogP contribution in [-0.2, 0) is 6.61 Å². The molecule has 2 atom stereocenters. The zero-order valence-corrected chi connectivity index (χ0v) is 20.7. The van der Waals surface area contributed by atoms with Gasteiger partial charge in [0.15, 0.2) is 16.6 Å². The molecule has 0 radical (unpaired) electrons. The van der Waals surface area contributed by atoms with Crippen molar-refractivity contribution < 1.29 is 32.2 Å². The molecule has 2 saturated heterocycles. The standard InChI is InChI=1S/C21H24ClF3N6O4S/c1-30-7-11-5-10(30)8-31(11)4-2-3-27-21(33)28-19-17(35-20(26)32)18(29-36-19)34-9-12-14(23)6-13(22)16(25)15(12)24/h6,10-11H,2-5,7-9H2,1H3,(H2,26,32)(H2,27,28,33). The molecule has 1 aromatic heterocycles. The second-order valence-corrected chi connectivity index (χ2v) is 9.70. The summed E-state index contributed by atoms with van der Waals surface area (Å²) in [6, 6.07) is 1.18. The van der Waals surface area contributed by atoms with Crippen LogP contribution in [0.4, 0.5) is 27.8 Å². The summed E-state index contributed by atoms with van der Waals surface area (Å²) in [5.41, 5.74) is 4.33. The summed E-state index contributed by atoms with van der Waals surface area (Å²) in [6.07, 6.45) is 0.690. The molecular weight excluding hydrogens is 525 g/mol. The molecule has 2 aliphatic rings. The number of likely N-dealkylation sites (N-methyl/N-ethyl adjacent to an activating group) is 1. The van der Waals surface area contributed by atoms with Crippen molar-refractivity contribution in [1.29, 1.82) is 0 Å². The van der Waals surface area contributed by atoms with Crippen molar-refractivity contribution in [2.45, 2.75) is 31.5 Å². The van der Waals surface area contributed by atoms with Crippen LogP contribution >= 0.6 is 23.1 Å². The van der Waals surface area contributed by atoms with Crippen LogP contribution in [0.3, 0.4) is 0 Å². The van der Waals surface area contributed by atoms with E-state index >= 15 is 0 Å². The highest BCUT2D eigenvalue weighted by Crippen LogP contribution is 2.39. The van der Waals surface area contributed by atoms with E-state index in [0.29, 0.717) is 36.2 Å². The molecule has 36 heavy (non-hydrogen) atoms. The Labute approximate surface area is 213 Å². The maximum Gasteiger partial charge on any atom is 0.410 e. The summed E-state index contributed by atoms with van der Waals surface area (Å²) < 4.78 is 55.7. The molecule has 1 aromatic carbocycles. The number of piperazine rings is 1. The molecule has 10 nitrogen and oxygen atoms in total. The lowest BCUT2D eigenvalue weighted by atomic mass is 10.2. The number of carbonyl (C=O) groups is 2. The van der Waals surface area contributed by atoms with Crippen LogP contribution in [0.2, 0.25) is 5.02 Å². The molecule has 0 aliphatic carbocycles. The van der Waals surface area contributed by atoms with Crippen molar-refractivity contribution in [3.05, 3.63) is 34.1 Å². The van der Waals surface area contributed by atoms with Crippen molar-refractivity contribution in [3.8, 4) is 11.6 Å². The summed E-state index contributed by atoms with van der Waals surface area (Å²) in [7, 11) is 2.13. The van der Waals surface area contributed by atoms with Gasteiger partial charge in [0.05, 0.1) is 10.6 Å². The number of hydrogen-bond acceptors (Lipinski definition) is 8. The van der Waals surface area contributed by atoms with Gasteiger partial charge >= 0.3 is 12.1 Å². The number of hydrogen-bond donors (Lipinski definition) is 3. The number of urea groups is 1. The summed E-state index contributed by atoms with van der Waals surface area (Å²) in [5.74, 6) is -4.84. The van der Waals surface area contributed by atoms with Crippen molar-refractivity contribution >= 4 is 40.3 Å². The highest BCUT2D eigenvalue weighted by atomic mass is 35.5. The Bertz CT molecular complexity index is 1150. The van der Waals surface area contributed by atoms with Crippen LogP contribution < -0.4 is 25.8 Å². The number of benzene rings is 1. The molecule has 196 valence electrons. The Morgan fingerprint density at radius 2 is 2.06 bits per heavy atom. The SMILES string of the molecule is CN1CC2CC1CN2CCCNC(=O)Nc1snc(OCc2c(F)cc(Cl)c(F)c2F)c1OC(N)=O. The molecule has 3 heterocycles. The van der Waals surface area contributed by atoms with Crippen molar-refractivity contribution in [3.63, 3.8) is 0 Å². The molecule has 2 fully saturated rings. The van der Waals surface area contributed by atoms with E-state index in [-0.39, 0.29) is 16.6 Å². The van der Waals surface area contributed by atoms with Gasteiger partial charge in [-0.05, 0) is 37.5 Å². The third-order valence-electron chi connectivity index (χ3n) is 6.15. The average Bonchev–Trinajstić information content (AvgIpc) is 3.49. The minimum Gasteiger partial charge on any atom is -0.469 e. The number of nitrogens with two attached hydrogens (primary N) is 1. The number of nitrogens with one attached hydrogen (secondary N) is 2. The highest BCUT2D eigenvalue weighted by molar-refractivity contribution is 7.11. The van der Waals surface area contributed by atoms with Crippen molar-refractivity contribution in [1.82, 2.24) is 19.5 Å². The van der Waals surface area contributed by atoms with E-state index in [2.05, 4.69) is 31.9 Å². The first kappa shape index (κ1) is 26.3. The van der Waals surface area contributed by atoms with E-state index in [9.17, 15) is 22.8 Å². The number of anilines is 1. The first-order chi connectivity index (χ1) is 17.1. The molecule has 2 unspecified atom stereocenters. The Kier molecular flexibility index (Phi) is 8.07. The molecule has 3 amide bonds. The van der Waals surface area contributed by atoms with Crippen molar-refractivity contribution in [2.75, 3.05) is 38.5 Å². The minimum absolute atomic E-state index is 0.0237. The van der Waals surface area contributed by atoms with Gasteiger partial charge in [0, 0.05) is 38.3 Å². The highest BCUT2D eigenvalue weighted by Gasteiger charge is 2.40. The van der Waals surface area contributed by atoms with Gasteiger partial charge in [0.2, 0.25) is 5.75 Å². The van der Waals surface area contributed by atoms with E-state index in [1.807, 2.05) is 0 Å². The smallest absolute Gasteiger partial charge is 0.410 e. The van der Waals surface area contributed by atoms with Crippen LogP contribution in [0.5, 0.6) is 11.6 Å². The molecule has 0 spiro atoms. The fraction of sp³-hybridized carbons (Fsp3) is 0.476. The minimum atomic E-state index is -1.53. The topological polar surface area (TPSA) is 122 Å². The third-order valence-corrected chi connectivity index (χ3v) is 7.15. The summed E-state index contributed by atoms with van der Waals surface area (Å²) in [6.45, 7) is 2.56. The number of ether oxygens (including phenoxy) is 2. The Balaban J connectivity index is 1.32. The average molecular weight is 549 g/mol. The Hall–Kier alpha value is -2.81. The quantitative estimate of drug-likeness (QED) is 0.250. The molecule has 2 aromatic rings. The van der Waals surface area contributed by atoms with Crippen LogP contribution in [0.15, 0.2) is 6.07 Å². The van der Waals surface area contributed by atoms with Gasteiger partial charge in [-0.1, -0.05) is 11.6 Å². The van der Waals surface area contributed by atoms with Gasteiger partial charge in [-0.15, -0.1) is 4.37 Å². The predicted octanol–water partition coefficient (Wildman–Crippen LogP) is 3.15. The van der Waals surface area contributed by atoms with Gasteiger partial charge in [0.25, 0.3) is 5.88 Å². The number of primary amides is 1. The molecule has 4 N–H and O–H groups in total.